The molecule has 1 saturated heterocycles. The molecule has 0 aromatic carbocycles. The minimum Gasteiger partial charge on any atom is -0.324 e. The van der Waals surface area contributed by atoms with Crippen LogP contribution in [0.2, 0.25) is 0 Å². The van der Waals surface area contributed by atoms with Gasteiger partial charge in [-0.05, 0) is 18.8 Å². The molecule has 1 aliphatic heterocycles. The molecule has 4 heteroatoms. The third-order valence-electron chi connectivity index (χ3n) is 2.60. The SMILES string of the molecule is CCC1CCN(C(=O)NN)CC1. The quantitative estimate of drug-likeness (QED) is 0.346. The van der Waals surface area contributed by atoms with Crippen LogP contribution in [0.1, 0.15) is 26.2 Å². The van der Waals surface area contributed by atoms with Gasteiger partial charge in [-0.2, -0.15) is 0 Å². The second kappa shape index (κ2) is 4.30. The molecule has 0 saturated carbocycles. The minimum atomic E-state index is -0.149. The lowest BCUT2D eigenvalue weighted by Crippen LogP contribution is -2.46. The first-order valence-corrected chi connectivity index (χ1v) is 4.53. The van der Waals surface area contributed by atoms with Crippen molar-refractivity contribution < 1.29 is 4.79 Å². The van der Waals surface area contributed by atoms with Gasteiger partial charge in [-0.25, -0.2) is 10.6 Å². The summed E-state index contributed by atoms with van der Waals surface area (Å²) in [6.07, 6.45) is 3.45. The normalized spacial score (nSPS) is 19.3. The monoisotopic (exact) mass is 171 g/mol. The van der Waals surface area contributed by atoms with E-state index >= 15 is 0 Å². The molecule has 0 aromatic heterocycles. The summed E-state index contributed by atoms with van der Waals surface area (Å²) in [5, 5.41) is 0. The molecule has 1 heterocycles. The number of piperidine rings is 1. The molecule has 0 atom stereocenters. The van der Waals surface area contributed by atoms with E-state index < -0.39 is 0 Å². The van der Waals surface area contributed by atoms with E-state index in [2.05, 4.69) is 12.3 Å². The Hall–Kier alpha value is -0.770. The van der Waals surface area contributed by atoms with Gasteiger partial charge in [0, 0.05) is 13.1 Å². The molecule has 0 aromatic rings. The third-order valence-corrected chi connectivity index (χ3v) is 2.60. The van der Waals surface area contributed by atoms with Crippen molar-refractivity contribution in [2.75, 3.05) is 13.1 Å². The first-order chi connectivity index (χ1) is 5.77. The summed E-state index contributed by atoms with van der Waals surface area (Å²) in [5.41, 5.74) is 2.15. The maximum Gasteiger partial charge on any atom is 0.331 e. The first kappa shape index (κ1) is 9.32. The first-order valence-electron chi connectivity index (χ1n) is 4.53. The molecule has 2 amide bonds. The molecule has 4 nitrogen and oxygen atoms in total. The fraction of sp³-hybridized carbons (Fsp3) is 0.875. The predicted molar refractivity (Wildman–Crippen MR) is 47.3 cm³/mol. The summed E-state index contributed by atoms with van der Waals surface area (Å²) in [5.74, 6) is 5.83. The molecule has 70 valence electrons. The molecular formula is C8H17N3O. The van der Waals surface area contributed by atoms with Gasteiger partial charge in [-0.15, -0.1) is 0 Å². The maximum atomic E-state index is 11.1. The van der Waals surface area contributed by atoms with Crippen molar-refractivity contribution in [2.45, 2.75) is 26.2 Å². The lowest BCUT2D eigenvalue weighted by molar-refractivity contribution is 0.169. The Bertz CT molecular complexity index is 152. The van der Waals surface area contributed by atoms with Crippen LogP contribution in [0.4, 0.5) is 4.79 Å². The second-order valence-corrected chi connectivity index (χ2v) is 3.29. The van der Waals surface area contributed by atoms with Crippen molar-refractivity contribution >= 4 is 6.03 Å². The van der Waals surface area contributed by atoms with Crippen LogP contribution >= 0.6 is 0 Å². The van der Waals surface area contributed by atoms with Crippen molar-refractivity contribution in [1.29, 1.82) is 0 Å². The molecular weight excluding hydrogens is 154 g/mol. The molecule has 3 N–H and O–H groups in total. The number of nitrogens with one attached hydrogen (secondary N) is 1. The maximum absolute atomic E-state index is 11.1. The molecule has 1 fully saturated rings. The van der Waals surface area contributed by atoms with Crippen LogP contribution in [-0.2, 0) is 0 Å². The Morgan fingerprint density at radius 1 is 1.58 bits per heavy atom. The average Bonchev–Trinajstić information content (AvgIpc) is 2.17. The van der Waals surface area contributed by atoms with E-state index in [0.29, 0.717) is 0 Å². The number of amides is 2. The van der Waals surface area contributed by atoms with Gasteiger partial charge in [0.15, 0.2) is 0 Å². The Balaban J connectivity index is 2.30. The van der Waals surface area contributed by atoms with Gasteiger partial charge < -0.3 is 4.90 Å². The summed E-state index contributed by atoms with van der Waals surface area (Å²) in [6, 6.07) is -0.149. The zero-order valence-corrected chi connectivity index (χ0v) is 7.55. The summed E-state index contributed by atoms with van der Waals surface area (Å²) in [7, 11) is 0. The van der Waals surface area contributed by atoms with Gasteiger partial charge in [0.1, 0.15) is 0 Å². The van der Waals surface area contributed by atoms with Crippen molar-refractivity contribution in [3.8, 4) is 0 Å². The zero-order chi connectivity index (χ0) is 8.97. The van der Waals surface area contributed by atoms with Crippen LogP contribution in [-0.4, -0.2) is 24.0 Å². The third kappa shape index (κ3) is 2.11. The smallest absolute Gasteiger partial charge is 0.324 e. The topological polar surface area (TPSA) is 58.4 Å². The molecule has 0 aliphatic carbocycles. The van der Waals surface area contributed by atoms with Crippen LogP contribution < -0.4 is 11.3 Å². The Morgan fingerprint density at radius 2 is 2.17 bits per heavy atom. The van der Waals surface area contributed by atoms with Crippen LogP contribution in [0.5, 0.6) is 0 Å². The summed E-state index contributed by atoms with van der Waals surface area (Å²) < 4.78 is 0. The van der Waals surface area contributed by atoms with Gasteiger partial charge in [-0.3, -0.25) is 5.43 Å². The standard InChI is InChI=1S/C8H17N3O/c1-2-7-3-5-11(6-4-7)8(12)10-9/h7H,2-6,9H2,1H3,(H,10,12). The molecule has 0 radical (unpaired) electrons. The molecule has 0 unspecified atom stereocenters. The number of carbonyl (C=O) groups is 1. The predicted octanol–water partition coefficient (Wildman–Crippen LogP) is 0.692. The van der Waals surface area contributed by atoms with E-state index in [-0.39, 0.29) is 6.03 Å². The number of rotatable bonds is 1. The number of hydrazine groups is 1. The average molecular weight is 171 g/mol. The van der Waals surface area contributed by atoms with E-state index in [4.69, 9.17) is 5.84 Å². The van der Waals surface area contributed by atoms with Crippen molar-refractivity contribution in [2.24, 2.45) is 11.8 Å². The Kier molecular flexibility index (Phi) is 3.34. The van der Waals surface area contributed by atoms with E-state index in [1.807, 2.05) is 0 Å². The van der Waals surface area contributed by atoms with Gasteiger partial charge in [0.2, 0.25) is 0 Å². The van der Waals surface area contributed by atoms with E-state index in [0.717, 1.165) is 31.8 Å². The Labute approximate surface area is 73.1 Å². The van der Waals surface area contributed by atoms with Gasteiger partial charge >= 0.3 is 6.03 Å². The lowest BCUT2D eigenvalue weighted by atomic mass is 9.95. The van der Waals surface area contributed by atoms with Crippen LogP contribution in [0.15, 0.2) is 0 Å². The summed E-state index contributed by atoms with van der Waals surface area (Å²) in [4.78, 5) is 12.8. The van der Waals surface area contributed by atoms with E-state index in [1.165, 1.54) is 6.42 Å². The minimum absolute atomic E-state index is 0.149. The molecule has 0 spiro atoms. The highest BCUT2D eigenvalue weighted by Gasteiger charge is 2.20. The Morgan fingerprint density at radius 3 is 2.58 bits per heavy atom. The van der Waals surface area contributed by atoms with Crippen molar-refractivity contribution in [3.63, 3.8) is 0 Å². The van der Waals surface area contributed by atoms with Crippen LogP contribution in [0.3, 0.4) is 0 Å². The van der Waals surface area contributed by atoms with Gasteiger partial charge in [0.05, 0.1) is 0 Å². The van der Waals surface area contributed by atoms with Gasteiger partial charge in [0.25, 0.3) is 0 Å². The molecule has 1 rings (SSSR count). The summed E-state index contributed by atoms with van der Waals surface area (Å²) >= 11 is 0. The number of hydrogen-bond donors (Lipinski definition) is 2. The lowest BCUT2D eigenvalue weighted by Gasteiger charge is -2.30. The zero-order valence-electron chi connectivity index (χ0n) is 7.55. The molecule has 0 bridgehead atoms. The number of carbonyl (C=O) groups excluding carboxylic acids is 1. The molecule has 12 heavy (non-hydrogen) atoms. The number of hydrogen-bond acceptors (Lipinski definition) is 2. The summed E-state index contributed by atoms with van der Waals surface area (Å²) in [6.45, 7) is 3.90. The number of nitrogens with zero attached hydrogens (tertiary/aromatic N) is 1. The number of likely N-dealkylation sites (tertiary alicyclic amines) is 1. The highest BCUT2D eigenvalue weighted by Crippen LogP contribution is 2.19. The number of nitrogens with two attached hydrogens (primary N) is 1. The van der Waals surface area contributed by atoms with Crippen LogP contribution in [0, 0.1) is 5.92 Å². The van der Waals surface area contributed by atoms with Crippen molar-refractivity contribution in [3.05, 3.63) is 0 Å². The van der Waals surface area contributed by atoms with E-state index in [9.17, 15) is 4.79 Å². The van der Waals surface area contributed by atoms with Gasteiger partial charge in [-0.1, -0.05) is 13.3 Å². The number of urea groups is 1. The highest BCUT2D eigenvalue weighted by molar-refractivity contribution is 5.73. The van der Waals surface area contributed by atoms with Crippen LogP contribution in [0.25, 0.3) is 0 Å². The largest absolute Gasteiger partial charge is 0.331 e. The highest BCUT2D eigenvalue weighted by atomic mass is 16.2. The van der Waals surface area contributed by atoms with Crippen molar-refractivity contribution in [1.82, 2.24) is 10.3 Å². The molecule has 1 aliphatic rings. The fourth-order valence-corrected chi connectivity index (χ4v) is 1.64. The second-order valence-electron chi connectivity index (χ2n) is 3.29. The van der Waals surface area contributed by atoms with E-state index in [1.54, 1.807) is 4.90 Å². The fourth-order valence-electron chi connectivity index (χ4n) is 1.64.